The molecule has 0 aromatic carbocycles. The molecule has 2 aliphatic heterocycles. The molecule has 0 spiro atoms. The predicted molar refractivity (Wildman–Crippen MR) is 58.4 cm³/mol. The first-order valence-corrected chi connectivity index (χ1v) is 6.16. The number of nitrogens with one attached hydrogen (secondary N) is 1. The molecule has 0 radical (unpaired) electrons. The van der Waals surface area contributed by atoms with Crippen LogP contribution in [0.2, 0.25) is 0 Å². The maximum Gasteiger partial charge on any atom is 0.149 e. The van der Waals surface area contributed by atoms with Gasteiger partial charge in [0.15, 0.2) is 0 Å². The van der Waals surface area contributed by atoms with Gasteiger partial charge in [0, 0.05) is 23.6 Å². The Morgan fingerprint density at radius 1 is 1.50 bits per heavy atom. The molecule has 3 heterocycles. The van der Waals surface area contributed by atoms with E-state index in [1.54, 1.807) is 0 Å². The van der Waals surface area contributed by atoms with Crippen molar-refractivity contribution < 1.29 is 0 Å². The Morgan fingerprint density at radius 3 is 3.07 bits per heavy atom. The average Bonchev–Trinajstić information content (AvgIpc) is 2.43. The Bertz CT molecular complexity index is 356. The molecule has 4 nitrogen and oxygen atoms in total. The number of nitrogen functional groups attached to an aromatic ring is 1. The highest BCUT2D eigenvalue weighted by molar-refractivity contribution is 8.00. The standard InChI is InChI=1S/C9H14N4S/c10-9-7-1-2-11-3-8(7)13(12-9)6-4-14-5-6/h6,11H,1-5H2,(H2,10,12). The lowest BCUT2D eigenvalue weighted by Gasteiger charge is -2.28. The first kappa shape index (κ1) is 8.61. The lowest BCUT2D eigenvalue weighted by atomic mass is 10.1. The molecule has 1 aromatic heterocycles. The maximum atomic E-state index is 5.91. The third kappa shape index (κ3) is 1.15. The third-order valence-corrected chi connectivity index (χ3v) is 4.20. The summed E-state index contributed by atoms with van der Waals surface area (Å²) in [5.74, 6) is 3.12. The highest BCUT2D eigenvalue weighted by Crippen LogP contribution is 2.32. The smallest absolute Gasteiger partial charge is 0.149 e. The van der Waals surface area contributed by atoms with E-state index in [9.17, 15) is 0 Å². The summed E-state index contributed by atoms with van der Waals surface area (Å²) in [6, 6.07) is 0.589. The summed E-state index contributed by atoms with van der Waals surface area (Å²) < 4.78 is 2.15. The molecule has 0 unspecified atom stereocenters. The second-order valence-corrected chi connectivity index (χ2v) is 4.95. The fraction of sp³-hybridized carbons (Fsp3) is 0.667. The van der Waals surface area contributed by atoms with E-state index in [2.05, 4.69) is 15.1 Å². The van der Waals surface area contributed by atoms with E-state index < -0.39 is 0 Å². The maximum absolute atomic E-state index is 5.91. The number of fused-ring (bicyclic) bond motifs is 1. The minimum atomic E-state index is 0.589. The van der Waals surface area contributed by atoms with Gasteiger partial charge in [0.1, 0.15) is 5.82 Å². The van der Waals surface area contributed by atoms with Crippen molar-refractivity contribution in [3.63, 3.8) is 0 Å². The first-order valence-electron chi connectivity index (χ1n) is 5.00. The van der Waals surface area contributed by atoms with Gasteiger partial charge >= 0.3 is 0 Å². The number of hydrogen-bond donors (Lipinski definition) is 2. The molecule has 3 N–H and O–H groups in total. The van der Waals surface area contributed by atoms with Crippen LogP contribution in [0.15, 0.2) is 0 Å². The number of nitrogens with two attached hydrogens (primary N) is 1. The summed E-state index contributed by atoms with van der Waals surface area (Å²) in [6.07, 6.45) is 1.03. The summed E-state index contributed by atoms with van der Waals surface area (Å²) in [5.41, 5.74) is 8.51. The Kier molecular flexibility index (Phi) is 1.95. The first-order chi connectivity index (χ1) is 6.86. The van der Waals surface area contributed by atoms with Crippen LogP contribution in [0.3, 0.4) is 0 Å². The molecule has 0 bridgehead atoms. The topological polar surface area (TPSA) is 55.9 Å². The summed E-state index contributed by atoms with van der Waals surface area (Å²) in [4.78, 5) is 0. The highest BCUT2D eigenvalue weighted by Gasteiger charge is 2.27. The van der Waals surface area contributed by atoms with Crippen molar-refractivity contribution in [1.29, 1.82) is 0 Å². The molecule has 2 aliphatic rings. The lowest BCUT2D eigenvalue weighted by molar-refractivity contribution is 0.483. The quantitative estimate of drug-likeness (QED) is 0.704. The van der Waals surface area contributed by atoms with Gasteiger partial charge in [-0.1, -0.05) is 0 Å². The van der Waals surface area contributed by atoms with Gasteiger partial charge in [0.25, 0.3) is 0 Å². The molecule has 5 heteroatoms. The number of nitrogens with zero attached hydrogens (tertiary/aromatic N) is 2. The van der Waals surface area contributed by atoms with Crippen LogP contribution >= 0.6 is 11.8 Å². The van der Waals surface area contributed by atoms with E-state index in [4.69, 9.17) is 5.73 Å². The molecule has 1 saturated heterocycles. The molecule has 0 amide bonds. The van der Waals surface area contributed by atoms with Gasteiger partial charge in [-0.15, -0.1) is 0 Å². The summed E-state index contributed by atoms with van der Waals surface area (Å²) in [6.45, 7) is 1.96. The highest BCUT2D eigenvalue weighted by atomic mass is 32.2. The van der Waals surface area contributed by atoms with E-state index in [0.717, 1.165) is 25.3 Å². The zero-order valence-corrected chi connectivity index (χ0v) is 8.81. The lowest BCUT2D eigenvalue weighted by Crippen LogP contribution is -2.30. The van der Waals surface area contributed by atoms with Crippen LogP contribution < -0.4 is 11.1 Å². The van der Waals surface area contributed by atoms with Crippen LogP contribution in [0.1, 0.15) is 17.3 Å². The van der Waals surface area contributed by atoms with E-state index in [0.29, 0.717) is 6.04 Å². The molecule has 3 rings (SSSR count). The Balaban J connectivity index is 2.02. The molecule has 1 aromatic rings. The van der Waals surface area contributed by atoms with E-state index >= 15 is 0 Å². The van der Waals surface area contributed by atoms with Crippen molar-refractivity contribution in [2.45, 2.75) is 19.0 Å². The van der Waals surface area contributed by atoms with Crippen molar-refractivity contribution in [1.82, 2.24) is 15.1 Å². The van der Waals surface area contributed by atoms with Gasteiger partial charge < -0.3 is 11.1 Å². The summed E-state index contributed by atoms with van der Waals surface area (Å²) in [7, 11) is 0. The van der Waals surface area contributed by atoms with Gasteiger partial charge in [-0.2, -0.15) is 16.9 Å². The molecule has 0 atom stereocenters. The molecule has 76 valence electrons. The van der Waals surface area contributed by atoms with Crippen LogP contribution in [-0.4, -0.2) is 27.8 Å². The molecule has 14 heavy (non-hydrogen) atoms. The second-order valence-electron chi connectivity index (χ2n) is 3.87. The number of aromatic nitrogens is 2. The Labute approximate surface area is 87.2 Å². The number of anilines is 1. The van der Waals surface area contributed by atoms with Crippen LogP contribution in [0, 0.1) is 0 Å². The molecule has 1 fully saturated rings. The van der Waals surface area contributed by atoms with Crippen molar-refractivity contribution in [2.24, 2.45) is 0 Å². The second kappa shape index (κ2) is 3.17. The fourth-order valence-electron chi connectivity index (χ4n) is 2.07. The largest absolute Gasteiger partial charge is 0.382 e. The minimum Gasteiger partial charge on any atom is -0.382 e. The van der Waals surface area contributed by atoms with E-state index in [1.807, 2.05) is 11.8 Å². The van der Waals surface area contributed by atoms with Crippen LogP contribution in [0.4, 0.5) is 5.82 Å². The molecular formula is C9H14N4S. The molecular weight excluding hydrogens is 196 g/mol. The van der Waals surface area contributed by atoms with Crippen LogP contribution in [0.5, 0.6) is 0 Å². The minimum absolute atomic E-state index is 0.589. The third-order valence-electron chi connectivity index (χ3n) is 2.96. The normalized spacial score (nSPS) is 21.7. The average molecular weight is 210 g/mol. The van der Waals surface area contributed by atoms with Crippen molar-refractivity contribution in [3.05, 3.63) is 11.3 Å². The summed E-state index contributed by atoms with van der Waals surface area (Å²) in [5, 5.41) is 7.83. The number of thioether (sulfide) groups is 1. The van der Waals surface area contributed by atoms with Gasteiger partial charge in [-0.25, -0.2) is 0 Å². The molecule has 0 saturated carbocycles. The number of hydrogen-bond acceptors (Lipinski definition) is 4. The zero-order valence-electron chi connectivity index (χ0n) is 7.99. The van der Waals surface area contributed by atoms with Gasteiger partial charge in [-0.3, -0.25) is 4.68 Å². The van der Waals surface area contributed by atoms with E-state index in [1.165, 1.54) is 22.8 Å². The van der Waals surface area contributed by atoms with Crippen LogP contribution in [-0.2, 0) is 13.0 Å². The van der Waals surface area contributed by atoms with Gasteiger partial charge in [-0.05, 0) is 13.0 Å². The number of rotatable bonds is 1. The van der Waals surface area contributed by atoms with Crippen molar-refractivity contribution in [3.8, 4) is 0 Å². The Morgan fingerprint density at radius 2 is 2.36 bits per heavy atom. The van der Waals surface area contributed by atoms with E-state index in [-0.39, 0.29) is 0 Å². The van der Waals surface area contributed by atoms with Crippen molar-refractivity contribution in [2.75, 3.05) is 23.8 Å². The van der Waals surface area contributed by atoms with Crippen LogP contribution in [0.25, 0.3) is 0 Å². The monoisotopic (exact) mass is 210 g/mol. The van der Waals surface area contributed by atoms with Gasteiger partial charge in [0.05, 0.1) is 11.7 Å². The predicted octanol–water partition coefficient (Wildman–Crippen LogP) is 0.399. The van der Waals surface area contributed by atoms with Crippen molar-refractivity contribution >= 4 is 17.6 Å². The SMILES string of the molecule is Nc1nn(C2CSC2)c2c1CCNC2. The fourth-order valence-corrected chi connectivity index (χ4v) is 2.80. The Hall–Kier alpha value is -0.680. The summed E-state index contributed by atoms with van der Waals surface area (Å²) >= 11 is 1.98. The van der Waals surface area contributed by atoms with Gasteiger partial charge in [0.2, 0.25) is 0 Å². The zero-order chi connectivity index (χ0) is 9.54. The molecule has 0 aliphatic carbocycles.